The van der Waals surface area contributed by atoms with E-state index in [1.54, 1.807) is 0 Å². The molecule has 1 heterocycles. The molecule has 0 radical (unpaired) electrons. The molecule has 20 heavy (non-hydrogen) atoms. The van der Waals surface area contributed by atoms with Crippen LogP contribution >= 0.6 is 11.8 Å². The van der Waals surface area contributed by atoms with Crippen LogP contribution in [0.4, 0.5) is 5.69 Å². The summed E-state index contributed by atoms with van der Waals surface area (Å²) in [6.45, 7) is 2.20. The highest BCUT2D eigenvalue weighted by Gasteiger charge is 2.14. The molecule has 0 amide bonds. The summed E-state index contributed by atoms with van der Waals surface area (Å²) in [6.07, 6.45) is 1.23. The number of fused-ring (bicyclic) bond motifs is 1. The Kier molecular flexibility index (Phi) is 3.83. The van der Waals surface area contributed by atoms with Gasteiger partial charge in [-0.05, 0) is 29.7 Å². The van der Waals surface area contributed by atoms with Crippen molar-refractivity contribution < 1.29 is 0 Å². The summed E-state index contributed by atoms with van der Waals surface area (Å²) in [7, 11) is 0. The molecule has 3 N–H and O–H groups in total. The molecule has 1 fully saturated rings. The van der Waals surface area contributed by atoms with E-state index in [2.05, 4.69) is 29.2 Å². The molecule has 1 aliphatic rings. The molecule has 0 bridgehead atoms. The molecule has 0 aromatic heterocycles. The van der Waals surface area contributed by atoms with E-state index in [4.69, 9.17) is 11.1 Å². The van der Waals surface area contributed by atoms with Gasteiger partial charge in [-0.1, -0.05) is 24.3 Å². The largest absolute Gasteiger partial charge is 0.384 e. The molecule has 1 saturated heterocycles. The van der Waals surface area contributed by atoms with Gasteiger partial charge >= 0.3 is 0 Å². The average Bonchev–Trinajstić information content (AvgIpc) is 2.75. The van der Waals surface area contributed by atoms with Crippen molar-refractivity contribution in [2.75, 3.05) is 29.5 Å². The maximum absolute atomic E-state index is 7.73. The van der Waals surface area contributed by atoms with Crippen LogP contribution in [0, 0.1) is 5.41 Å². The summed E-state index contributed by atoms with van der Waals surface area (Å²) >= 11 is 2.03. The van der Waals surface area contributed by atoms with Crippen LogP contribution in [0.5, 0.6) is 0 Å². The molecule has 1 aliphatic heterocycles. The lowest BCUT2D eigenvalue weighted by atomic mass is 10.0. The number of benzene rings is 2. The van der Waals surface area contributed by atoms with E-state index in [0.29, 0.717) is 0 Å². The number of anilines is 1. The SMILES string of the molecule is N=C(N)c1ccc(N2CCCSCC2)c2ccccc12. The Morgan fingerprint density at radius 2 is 1.85 bits per heavy atom. The maximum atomic E-state index is 7.73. The number of hydrogen-bond donors (Lipinski definition) is 2. The third kappa shape index (κ3) is 2.48. The van der Waals surface area contributed by atoms with Gasteiger partial charge in [-0.3, -0.25) is 5.41 Å². The molecular weight excluding hydrogens is 266 g/mol. The minimum atomic E-state index is 0.138. The van der Waals surface area contributed by atoms with Crippen LogP contribution in [0.1, 0.15) is 12.0 Å². The van der Waals surface area contributed by atoms with E-state index < -0.39 is 0 Å². The fourth-order valence-corrected chi connectivity index (χ4v) is 3.67. The third-order valence-corrected chi connectivity index (χ3v) is 4.80. The maximum Gasteiger partial charge on any atom is 0.123 e. The second-order valence-corrected chi connectivity index (χ2v) is 6.27. The highest BCUT2D eigenvalue weighted by Crippen LogP contribution is 2.30. The highest BCUT2D eigenvalue weighted by molar-refractivity contribution is 7.99. The zero-order valence-electron chi connectivity index (χ0n) is 11.4. The fourth-order valence-electron chi connectivity index (χ4n) is 2.78. The van der Waals surface area contributed by atoms with E-state index in [9.17, 15) is 0 Å². The summed E-state index contributed by atoms with van der Waals surface area (Å²) in [5.41, 5.74) is 7.80. The van der Waals surface area contributed by atoms with Gasteiger partial charge in [0.15, 0.2) is 0 Å². The molecule has 3 nitrogen and oxygen atoms in total. The quantitative estimate of drug-likeness (QED) is 0.658. The van der Waals surface area contributed by atoms with Gasteiger partial charge in [-0.25, -0.2) is 0 Å². The monoisotopic (exact) mass is 285 g/mol. The van der Waals surface area contributed by atoms with Gasteiger partial charge < -0.3 is 10.6 Å². The lowest BCUT2D eigenvalue weighted by Gasteiger charge is -2.24. The number of hydrogen-bond acceptors (Lipinski definition) is 3. The summed E-state index contributed by atoms with van der Waals surface area (Å²) in [5, 5.41) is 10.0. The van der Waals surface area contributed by atoms with E-state index in [1.807, 2.05) is 23.9 Å². The van der Waals surface area contributed by atoms with Crippen molar-refractivity contribution in [3.05, 3.63) is 42.0 Å². The molecule has 4 heteroatoms. The Morgan fingerprint density at radius 3 is 2.65 bits per heavy atom. The predicted molar refractivity (Wildman–Crippen MR) is 89.1 cm³/mol. The molecule has 0 unspecified atom stereocenters. The summed E-state index contributed by atoms with van der Waals surface area (Å²) in [6, 6.07) is 12.4. The van der Waals surface area contributed by atoms with Crippen molar-refractivity contribution in [2.45, 2.75) is 6.42 Å². The first-order valence-electron chi connectivity index (χ1n) is 6.96. The predicted octanol–water partition coefficient (Wildman–Crippen LogP) is 3.07. The Bertz CT molecular complexity index is 631. The second kappa shape index (κ2) is 5.75. The molecule has 0 aliphatic carbocycles. The van der Waals surface area contributed by atoms with Gasteiger partial charge in [0.1, 0.15) is 5.84 Å². The molecular formula is C16H19N3S. The van der Waals surface area contributed by atoms with Crippen LogP contribution in [0.3, 0.4) is 0 Å². The molecule has 0 atom stereocenters. The van der Waals surface area contributed by atoms with E-state index in [-0.39, 0.29) is 5.84 Å². The summed E-state index contributed by atoms with van der Waals surface area (Å²) < 4.78 is 0. The number of rotatable bonds is 2. The Morgan fingerprint density at radius 1 is 1.05 bits per heavy atom. The van der Waals surface area contributed by atoms with Crippen LogP contribution < -0.4 is 10.6 Å². The second-order valence-electron chi connectivity index (χ2n) is 5.04. The van der Waals surface area contributed by atoms with Gasteiger partial charge in [0, 0.05) is 35.5 Å². The number of nitrogens with two attached hydrogens (primary N) is 1. The van der Waals surface area contributed by atoms with Crippen molar-refractivity contribution in [2.24, 2.45) is 5.73 Å². The zero-order chi connectivity index (χ0) is 13.9. The standard InChI is InChI=1S/C16H19N3S/c17-16(18)14-6-7-15(13-5-2-1-4-12(13)14)19-8-3-10-20-11-9-19/h1-2,4-7H,3,8-11H2,(H3,17,18). The number of nitrogens with zero attached hydrogens (tertiary/aromatic N) is 1. The molecule has 0 saturated carbocycles. The van der Waals surface area contributed by atoms with Crippen molar-refractivity contribution in [3.8, 4) is 0 Å². The number of amidine groups is 1. The van der Waals surface area contributed by atoms with Crippen LogP contribution in [0.15, 0.2) is 36.4 Å². The summed E-state index contributed by atoms with van der Waals surface area (Å²) in [5.74, 6) is 2.57. The lowest BCUT2D eigenvalue weighted by molar-refractivity contribution is 0.819. The molecule has 2 aromatic carbocycles. The van der Waals surface area contributed by atoms with Crippen molar-refractivity contribution in [1.29, 1.82) is 5.41 Å². The van der Waals surface area contributed by atoms with Gasteiger partial charge in [0.2, 0.25) is 0 Å². The third-order valence-electron chi connectivity index (χ3n) is 3.75. The fraction of sp³-hybridized carbons (Fsp3) is 0.312. The van der Waals surface area contributed by atoms with Gasteiger partial charge in [-0.15, -0.1) is 0 Å². The van der Waals surface area contributed by atoms with Crippen molar-refractivity contribution >= 4 is 34.1 Å². The summed E-state index contributed by atoms with van der Waals surface area (Å²) in [4.78, 5) is 2.46. The van der Waals surface area contributed by atoms with Crippen molar-refractivity contribution in [3.63, 3.8) is 0 Å². The minimum Gasteiger partial charge on any atom is -0.384 e. The van der Waals surface area contributed by atoms with Gasteiger partial charge in [-0.2, -0.15) is 11.8 Å². The Labute approximate surface area is 123 Å². The van der Waals surface area contributed by atoms with Crippen molar-refractivity contribution in [1.82, 2.24) is 0 Å². The zero-order valence-corrected chi connectivity index (χ0v) is 12.2. The number of nitrogens with one attached hydrogen (secondary N) is 1. The molecule has 2 aromatic rings. The number of thioether (sulfide) groups is 1. The van der Waals surface area contributed by atoms with Crippen LogP contribution in [-0.2, 0) is 0 Å². The molecule has 104 valence electrons. The first-order valence-corrected chi connectivity index (χ1v) is 8.11. The Hall–Kier alpha value is -1.68. The molecule has 0 spiro atoms. The topological polar surface area (TPSA) is 53.1 Å². The minimum absolute atomic E-state index is 0.138. The van der Waals surface area contributed by atoms with Crippen LogP contribution in [0.25, 0.3) is 10.8 Å². The highest BCUT2D eigenvalue weighted by atomic mass is 32.2. The van der Waals surface area contributed by atoms with Crippen LogP contribution in [0.2, 0.25) is 0 Å². The van der Waals surface area contributed by atoms with E-state index in [1.165, 1.54) is 29.0 Å². The van der Waals surface area contributed by atoms with Gasteiger partial charge in [0.05, 0.1) is 0 Å². The molecule has 3 rings (SSSR count). The smallest absolute Gasteiger partial charge is 0.123 e. The normalized spacial score (nSPS) is 16.1. The first kappa shape index (κ1) is 13.3. The van der Waals surface area contributed by atoms with E-state index in [0.717, 1.165) is 24.0 Å². The van der Waals surface area contributed by atoms with E-state index >= 15 is 0 Å². The average molecular weight is 285 g/mol. The first-order chi connectivity index (χ1) is 9.77. The van der Waals surface area contributed by atoms with Gasteiger partial charge in [0.25, 0.3) is 0 Å². The number of nitrogen functional groups attached to an aromatic ring is 1. The lowest BCUT2D eigenvalue weighted by Crippen LogP contribution is -2.26. The van der Waals surface area contributed by atoms with Crippen LogP contribution in [-0.4, -0.2) is 30.4 Å². The Balaban J connectivity index is 2.12.